The van der Waals surface area contributed by atoms with Crippen molar-refractivity contribution in [2.75, 3.05) is 0 Å². The summed E-state index contributed by atoms with van der Waals surface area (Å²) in [6, 6.07) is 22.5. The standard InChI is InChI=1S/C23H14ClN3O2S/c24-16-9-5-14(6-10-16)13-20-21(28)27-23(30-20)25-17-11-7-15(8-12-17)22-26-18-3-1-2-4-19(18)29-22/h1-13H,(H,25,27,28)/b20-13+. The lowest BCUT2D eigenvalue weighted by atomic mass is 10.2. The van der Waals surface area contributed by atoms with E-state index >= 15 is 0 Å². The number of oxazole rings is 1. The minimum absolute atomic E-state index is 0.170. The van der Waals surface area contributed by atoms with Gasteiger partial charge in [0.05, 0.1) is 10.6 Å². The Balaban J connectivity index is 1.35. The number of para-hydroxylation sites is 2. The minimum Gasteiger partial charge on any atom is -0.436 e. The van der Waals surface area contributed by atoms with Crippen LogP contribution in [-0.2, 0) is 4.79 Å². The number of carbonyl (C=O) groups excluding carboxylic acids is 1. The summed E-state index contributed by atoms with van der Waals surface area (Å²) in [5, 5.41) is 3.99. The highest BCUT2D eigenvalue weighted by molar-refractivity contribution is 8.18. The zero-order valence-corrected chi connectivity index (χ0v) is 17.1. The topological polar surface area (TPSA) is 67.5 Å². The molecule has 3 aromatic carbocycles. The maximum atomic E-state index is 12.2. The summed E-state index contributed by atoms with van der Waals surface area (Å²) in [5.41, 5.74) is 4.07. The molecule has 1 N–H and O–H groups in total. The van der Waals surface area contributed by atoms with Crippen LogP contribution in [0.3, 0.4) is 0 Å². The van der Waals surface area contributed by atoms with Crippen LogP contribution in [0.15, 0.2) is 87.1 Å². The molecule has 1 aliphatic heterocycles. The Morgan fingerprint density at radius 3 is 2.53 bits per heavy atom. The predicted molar refractivity (Wildman–Crippen MR) is 122 cm³/mol. The SMILES string of the molecule is O=C1NC(=Nc2ccc(-c3nc4ccccc4o3)cc2)S/C1=C/c1ccc(Cl)cc1. The smallest absolute Gasteiger partial charge is 0.264 e. The molecule has 1 amide bonds. The van der Waals surface area contributed by atoms with Crippen molar-refractivity contribution in [3.63, 3.8) is 0 Å². The molecule has 0 unspecified atom stereocenters. The molecule has 146 valence electrons. The first-order chi connectivity index (χ1) is 14.6. The van der Waals surface area contributed by atoms with E-state index in [9.17, 15) is 4.79 Å². The number of amides is 1. The molecule has 0 atom stereocenters. The van der Waals surface area contributed by atoms with Crippen LogP contribution >= 0.6 is 23.4 Å². The van der Waals surface area contributed by atoms with Crippen molar-refractivity contribution in [2.45, 2.75) is 0 Å². The highest BCUT2D eigenvalue weighted by Gasteiger charge is 2.23. The van der Waals surface area contributed by atoms with Crippen molar-refractivity contribution in [2.24, 2.45) is 4.99 Å². The van der Waals surface area contributed by atoms with Gasteiger partial charge in [-0.15, -0.1) is 0 Å². The molecule has 1 fully saturated rings. The molecule has 2 heterocycles. The van der Waals surface area contributed by atoms with Gasteiger partial charge in [-0.2, -0.15) is 0 Å². The lowest BCUT2D eigenvalue weighted by Gasteiger charge is -1.98. The molecule has 1 saturated heterocycles. The van der Waals surface area contributed by atoms with Gasteiger partial charge in [-0.05, 0) is 71.9 Å². The zero-order valence-electron chi connectivity index (χ0n) is 15.5. The summed E-state index contributed by atoms with van der Waals surface area (Å²) in [6.07, 6.45) is 1.81. The fourth-order valence-electron chi connectivity index (χ4n) is 2.98. The Morgan fingerprint density at radius 2 is 1.77 bits per heavy atom. The molecule has 5 nitrogen and oxygen atoms in total. The molecule has 0 radical (unpaired) electrons. The van der Waals surface area contributed by atoms with E-state index in [2.05, 4.69) is 15.3 Å². The molecule has 30 heavy (non-hydrogen) atoms. The second-order valence-corrected chi connectivity index (χ2v) is 8.03. The van der Waals surface area contributed by atoms with Gasteiger partial charge in [-0.25, -0.2) is 9.98 Å². The number of fused-ring (bicyclic) bond motifs is 1. The van der Waals surface area contributed by atoms with Crippen molar-refractivity contribution < 1.29 is 9.21 Å². The van der Waals surface area contributed by atoms with E-state index in [1.165, 1.54) is 11.8 Å². The van der Waals surface area contributed by atoms with E-state index in [0.29, 0.717) is 21.0 Å². The van der Waals surface area contributed by atoms with Crippen molar-refractivity contribution in [3.8, 4) is 11.5 Å². The van der Waals surface area contributed by atoms with Crippen molar-refractivity contribution in [3.05, 3.63) is 88.3 Å². The van der Waals surface area contributed by atoms with E-state index in [1.54, 1.807) is 12.1 Å². The normalized spacial score (nSPS) is 16.5. The number of hydrogen-bond donors (Lipinski definition) is 1. The number of rotatable bonds is 3. The lowest BCUT2D eigenvalue weighted by Crippen LogP contribution is -2.19. The van der Waals surface area contributed by atoms with Gasteiger partial charge in [-0.1, -0.05) is 35.9 Å². The maximum absolute atomic E-state index is 12.2. The fourth-order valence-corrected chi connectivity index (χ4v) is 3.95. The summed E-state index contributed by atoms with van der Waals surface area (Å²) in [4.78, 5) is 21.9. The second-order valence-electron chi connectivity index (χ2n) is 6.57. The summed E-state index contributed by atoms with van der Waals surface area (Å²) < 4.78 is 5.80. The predicted octanol–water partition coefficient (Wildman–Crippen LogP) is 6.04. The number of aromatic nitrogens is 1. The molecule has 7 heteroatoms. The first kappa shape index (κ1) is 18.7. The number of nitrogens with one attached hydrogen (secondary N) is 1. The van der Waals surface area contributed by atoms with Crippen LogP contribution in [0.5, 0.6) is 0 Å². The van der Waals surface area contributed by atoms with Crippen molar-refractivity contribution >= 4 is 57.3 Å². The zero-order chi connectivity index (χ0) is 20.5. The lowest BCUT2D eigenvalue weighted by molar-refractivity contribution is -0.115. The molecule has 0 aliphatic carbocycles. The van der Waals surface area contributed by atoms with Crippen LogP contribution in [0.2, 0.25) is 5.02 Å². The van der Waals surface area contributed by atoms with Gasteiger partial charge in [0.2, 0.25) is 5.89 Å². The highest BCUT2D eigenvalue weighted by atomic mass is 35.5. The van der Waals surface area contributed by atoms with Crippen molar-refractivity contribution in [1.82, 2.24) is 10.3 Å². The Kier molecular flexibility index (Phi) is 4.86. The van der Waals surface area contributed by atoms with Gasteiger partial charge < -0.3 is 9.73 Å². The van der Waals surface area contributed by atoms with Crippen LogP contribution in [-0.4, -0.2) is 16.1 Å². The summed E-state index contributed by atoms with van der Waals surface area (Å²) in [6.45, 7) is 0. The molecule has 1 aromatic heterocycles. The number of amidine groups is 1. The molecule has 0 saturated carbocycles. The molecule has 5 rings (SSSR count). The Hall–Kier alpha value is -3.35. The minimum atomic E-state index is -0.170. The van der Waals surface area contributed by atoms with Crippen molar-refractivity contribution in [1.29, 1.82) is 0 Å². The number of thioether (sulfide) groups is 1. The number of hydrogen-bond acceptors (Lipinski definition) is 5. The van der Waals surface area contributed by atoms with E-state index in [0.717, 1.165) is 27.9 Å². The third kappa shape index (κ3) is 3.87. The van der Waals surface area contributed by atoms with Crippen LogP contribution in [0.1, 0.15) is 5.56 Å². The molecule has 4 aromatic rings. The fraction of sp³-hybridized carbons (Fsp3) is 0. The summed E-state index contributed by atoms with van der Waals surface area (Å²) >= 11 is 7.21. The largest absolute Gasteiger partial charge is 0.436 e. The number of halogens is 1. The van der Waals surface area contributed by atoms with Gasteiger partial charge in [0.1, 0.15) is 5.52 Å². The average molecular weight is 432 g/mol. The van der Waals surface area contributed by atoms with E-state index in [4.69, 9.17) is 16.0 Å². The van der Waals surface area contributed by atoms with Crippen LogP contribution in [0, 0.1) is 0 Å². The Labute approximate surface area is 181 Å². The summed E-state index contributed by atoms with van der Waals surface area (Å²) in [7, 11) is 0. The Morgan fingerprint density at radius 1 is 1.00 bits per heavy atom. The first-order valence-electron chi connectivity index (χ1n) is 9.15. The third-order valence-electron chi connectivity index (χ3n) is 4.46. The van der Waals surface area contributed by atoms with Gasteiger partial charge in [0, 0.05) is 10.6 Å². The average Bonchev–Trinajstić information content (AvgIpc) is 3.33. The Bertz CT molecular complexity index is 1280. The highest BCUT2D eigenvalue weighted by Crippen LogP contribution is 2.30. The summed E-state index contributed by atoms with van der Waals surface area (Å²) in [5.74, 6) is 0.393. The van der Waals surface area contributed by atoms with Gasteiger partial charge in [0.15, 0.2) is 10.8 Å². The quantitative estimate of drug-likeness (QED) is 0.401. The molecule has 0 spiro atoms. The second kappa shape index (κ2) is 7.82. The maximum Gasteiger partial charge on any atom is 0.264 e. The van der Waals surface area contributed by atoms with E-state index in [-0.39, 0.29) is 5.91 Å². The van der Waals surface area contributed by atoms with Crippen LogP contribution in [0.25, 0.3) is 28.6 Å². The number of nitrogens with zero attached hydrogens (tertiary/aromatic N) is 2. The van der Waals surface area contributed by atoms with Gasteiger partial charge in [-0.3, -0.25) is 4.79 Å². The molecular formula is C23H14ClN3O2S. The van der Waals surface area contributed by atoms with E-state index in [1.807, 2.05) is 66.7 Å². The number of benzene rings is 3. The molecule has 0 bridgehead atoms. The van der Waals surface area contributed by atoms with Gasteiger partial charge in [0.25, 0.3) is 5.91 Å². The van der Waals surface area contributed by atoms with Gasteiger partial charge >= 0.3 is 0 Å². The number of carbonyl (C=O) groups is 1. The monoisotopic (exact) mass is 431 g/mol. The van der Waals surface area contributed by atoms with E-state index < -0.39 is 0 Å². The first-order valence-corrected chi connectivity index (χ1v) is 10.3. The third-order valence-corrected chi connectivity index (χ3v) is 5.62. The van der Waals surface area contributed by atoms with Crippen LogP contribution < -0.4 is 5.32 Å². The number of aliphatic imine (C=N–C) groups is 1. The molecular weight excluding hydrogens is 418 g/mol. The van der Waals surface area contributed by atoms with Crippen LogP contribution in [0.4, 0.5) is 5.69 Å². The molecule has 1 aliphatic rings.